The van der Waals surface area contributed by atoms with Crippen molar-refractivity contribution >= 4 is 11.6 Å². The standard InChI is InChI=1S/C24H23N3O2/c25-17-20-8-4-5-9-21(20)18-29-23-13-6-10-19(16-23)24(28)27-15-7-14-26-22-11-2-1-3-12-22/h1-6,8-13,16,26H,7,14-15,18H2,(H,27,28). The number of carbonyl (C=O) groups excluding carboxylic acids is 1. The van der Waals surface area contributed by atoms with Crippen LogP contribution in [0.4, 0.5) is 5.69 Å². The molecular formula is C24H23N3O2. The molecule has 0 spiro atoms. The van der Waals surface area contributed by atoms with E-state index in [2.05, 4.69) is 16.7 Å². The average molecular weight is 385 g/mol. The minimum atomic E-state index is -0.132. The van der Waals surface area contributed by atoms with Crippen LogP contribution in [0.1, 0.15) is 27.9 Å². The van der Waals surface area contributed by atoms with Crippen LogP contribution < -0.4 is 15.4 Å². The Morgan fingerprint density at radius 1 is 0.931 bits per heavy atom. The van der Waals surface area contributed by atoms with Crippen LogP contribution in [-0.4, -0.2) is 19.0 Å². The van der Waals surface area contributed by atoms with E-state index in [4.69, 9.17) is 10.00 Å². The van der Waals surface area contributed by atoms with E-state index >= 15 is 0 Å². The van der Waals surface area contributed by atoms with Crippen molar-refractivity contribution in [3.63, 3.8) is 0 Å². The van der Waals surface area contributed by atoms with E-state index in [1.807, 2.05) is 48.5 Å². The lowest BCUT2D eigenvalue weighted by Gasteiger charge is -2.10. The number of nitrogens with zero attached hydrogens (tertiary/aromatic N) is 1. The van der Waals surface area contributed by atoms with Crippen LogP contribution in [0.2, 0.25) is 0 Å². The zero-order valence-corrected chi connectivity index (χ0v) is 16.1. The minimum Gasteiger partial charge on any atom is -0.489 e. The Morgan fingerprint density at radius 3 is 2.55 bits per heavy atom. The summed E-state index contributed by atoms with van der Waals surface area (Å²) in [5.41, 5.74) is 3.02. The first-order valence-electron chi connectivity index (χ1n) is 9.54. The quantitative estimate of drug-likeness (QED) is 0.537. The molecule has 1 amide bonds. The molecule has 0 fully saturated rings. The fraction of sp³-hybridized carbons (Fsp3) is 0.167. The molecule has 29 heavy (non-hydrogen) atoms. The molecule has 3 aromatic carbocycles. The van der Waals surface area contributed by atoms with Gasteiger partial charge >= 0.3 is 0 Å². The number of rotatable bonds is 9. The molecule has 2 N–H and O–H groups in total. The number of hydrogen-bond acceptors (Lipinski definition) is 4. The van der Waals surface area contributed by atoms with Gasteiger partial charge in [-0.15, -0.1) is 0 Å². The summed E-state index contributed by atoms with van der Waals surface area (Å²) in [6.07, 6.45) is 0.821. The molecule has 0 saturated carbocycles. The summed E-state index contributed by atoms with van der Waals surface area (Å²) >= 11 is 0. The highest BCUT2D eigenvalue weighted by Gasteiger charge is 2.07. The second-order valence-corrected chi connectivity index (χ2v) is 6.49. The topological polar surface area (TPSA) is 74.1 Å². The molecule has 0 radical (unpaired) electrons. The van der Waals surface area contributed by atoms with Gasteiger partial charge in [-0.25, -0.2) is 0 Å². The van der Waals surface area contributed by atoms with Crippen molar-refractivity contribution in [3.05, 3.63) is 95.6 Å². The Bertz CT molecular complexity index is 981. The van der Waals surface area contributed by atoms with Crippen LogP contribution in [0.5, 0.6) is 5.75 Å². The molecule has 146 valence electrons. The number of nitriles is 1. The van der Waals surface area contributed by atoms with Crippen LogP contribution in [-0.2, 0) is 6.61 Å². The van der Waals surface area contributed by atoms with Crippen LogP contribution in [0.25, 0.3) is 0 Å². The number of hydrogen-bond donors (Lipinski definition) is 2. The van der Waals surface area contributed by atoms with Gasteiger partial charge in [0.2, 0.25) is 0 Å². The van der Waals surface area contributed by atoms with Crippen molar-refractivity contribution in [2.45, 2.75) is 13.0 Å². The second-order valence-electron chi connectivity index (χ2n) is 6.49. The van der Waals surface area contributed by atoms with E-state index in [1.165, 1.54) is 0 Å². The maximum Gasteiger partial charge on any atom is 0.251 e. The third kappa shape index (κ3) is 6.12. The van der Waals surface area contributed by atoms with Gasteiger partial charge in [-0.05, 0) is 42.8 Å². The first-order chi connectivity index (χ1) is 14.3. The second kappa shape index (κ2) is 10.5. The van der Waals surface area contributed by atoms with Gasteiger partial charge in [0.05, 0.1) is 11.6 Å². The Balaban J connectivity index is 1.46. The number of anilines is 1. The minimum absolute atomic E-state index is 0.132. The van der Waals surface area contributed by atoms with Crippen molar-refractivity contribution in [2.24, 2.45) is 0 Å². The van der Waals surface area contributed by atoms with Gasteiger partial charge in [0, 0.05) is 29.9 Å². The molecule has 0 aliphatic rings. The smallest absolute Gasteiger partial charge is 0.251 e. The van der Waals surface area contributed by atoms with E-state index in [-0.39, 0.29) is 12.5 Å². The summed E-state index contributed by atoms with van der Waals surface area (Å²) in [6, 6.07) is 26.5. The number of ether oxygens (including phenoxy) is 1. The van der Waals surface area contributed by atoms with Gasteiger partial charge < -0.3 is 15.4 Å². The van der Waals surface area contributed by atoms with Gasteiger partial charge in [-0.2, -0.15) is 5.26 Å². The number of para-hydroxylation sites is 1. The molecule has 5 nitrogen and oxygen atoms in total. The first kappa shape index (κ1) is 20.0. The molecule has 0 unspecified atom stereocenters. The average Bonchev–Trinajstić information content (AvgIpc) is 2.78. The highest BCUT2D eigenvalue weighted by atomic mass is 16.5. The fourth-order valence-electron chi connectivity index (χ4n) is 2.82. The molecule has 0 aliphatic carbocycles. The van der Waals surface area contributed by atoms with E-state index in [1.54, 1.807) is 30.3 Å². The van der Waals surface area contributed by atoms with Crippen LogP contribution in [0.3, 0.4) is 0 Å². The largest absolute Gasteiger partial charge is 0.489 e. The molecule has 0 atom stereocenters. The Hall–Kier alpha value is -3.78. The van der Waals surface area contributed by atoms with E-state index in [0.29, 0.717) is 23.4 Å². The van der Waals surface area contributed by atoms with Crippen molar-refractivity contribution in [1.29, 1.82) is 5.26 Å². The van der Waals surface area contributed by atoms with E-state index in [9.17, 15) is 4.79 Å². The normalized spacial score (nSPS) is 10.0. The van der Waals surface area contributed by atoms with E-state index in [0.717, 1.165) is 24.2 Å². The van der Waals surface area contributed by atoms with Crippen molar-refractivity contribution in [2.75, 3.05) is 18.4 Å². The molecule has 0 heterocycles. The Kier molecular flexibility index (Phi) is 7.25. The first-order valence-corrected chi connectivity index (χ1v) is 9.54. The number of nitrogens with one attached hydrogen (secondary N) is 2. The summed E-state index contributed by atoms with van der Waals surface area (Å²) in [6.45, 7) is 1.64. The predicted molar refractivity (Wildman–Crippen MR) is 114 cm³/mol. The lowest BCUT2D eigenvalue weighted by atomic mass is 10.1. The molecule has 5 heteroatoms. The highest BCUT2D eigenvalue weighted by molar-refractivity contribution is 5.94. The lowest BCUT2D eigenvalue weighted by Crippen LogP contribution is -2.25. The number of benzene rings is 3. The maximum absolute atomic E-state index is 12.4. The molecule has 0 aromatic heterocycles. The van der Waals surface area contributed by atoms with Gasteiger partial charge in [-0.3, -0.25) is 4.79 Å². The number of amides is 1. The van der Waals surface area contributed by atoms with Gasteiger partial charge in [0.25, 0.3) is 5.91 Å². The maximum atomic E-state index is 12.4. The SMILES string of the molecule is N#Cc1ccccc1COc1cccc(C(=O)NCCCNc2ccccc2)c1. The summed E-state index contributed by atoms with van der Waals surface area (Å²) < 4.78 is 5.78. The molecule has 0 saturated heterocycles. The molecule has 3 rings (SSSR count). The van der Waals surface area contributed by atoms with Crippen LogP contribution >= 0.6 is 0 Å². The van der Waals surface area contributed by atoms with Crippen LogP contribution in [0, 0.1) is 11.3 Å². The van der Waals surface area contributed by atoms with Gasteiger partial charge in [0.15, 0.2) is 0 Å². The third-order valence-electron chi connectivity index (χ3n) is 4.37. The Morgan fingerprint density at radius 2 is 1.72 bits per heavy atom. The van der Waals surface area contributed by atoms with E-state index < -0.39 is 0 Å². The zero-order chi connectivity index (χ0) is 20.3. The molecule has 0 bridgehead atoms. The summed E-state index contributed by atoms with van der Waals surface area (Å²) in [7, 11) is 0. The summed E-state index contributed by atoms with van der Waals surface area (Å²) in [4.78, 5) is 12.4. The van der Waals surface area contributed by atoms with Crippen molar-refractivity contribution < 1.29 is 9.53 Å². The zero-order valence-electron chi connectivity index (χ0n) is 16.1. The van der Waals surface area contributed by atoms with Crippen LogP contribution in [0.15, 0.2) is 78.9 Å². The van der Waals surface area contributed by atoms with Gasteiger partial charge in [-0.1, -0.05) is 42.5 Å². The predicted octanol–water partition coefficient (Wildman–Crippen LogP) is 4.37. The highest BCUT2D eigenvalue weighted by Crippen LogP contribution is 2.17. The molecule has 3 aromatic rings. The molecular weight excluding hydrogens is 362 g/mol. The Labute approximate surface area is 171 Å². The summed E-state index contributed by atoms with van der Waals surface area (Å²) in [5, 5.41) is 15.4. The number of carbonyl (C=O) groups is 1. The summed E-state index contributed by atoms with van der Waals surface area (Å²) in [5.74, 6) is 0.462. The third-order valence-corrected chi connectivity index (χ3v) is 4.37. The van der Waals surface area contributed by atoms with Crippen molar-refractivity contribution in [1.82, 2.24) is 5.32 Å². The lowest BCUT2D eigenvalue weighted by molar-refractivity contribution is 0.0953. The van der Waals surface area contributed by atoms with Crippen molar-refractivity contribution in [3.8, 4) is 11.8 Å². The monoisotopic (exact) mass is 385 g/mol. The molecule has 0 aliphatic heterocycles. The van der Waals surface area contributed by atoms with Gasteiger partial charge in [0.1, 0.15) is 12.4 Å². The fourth-order valence-corrected chi connectivity index (χ4v) is 2.82.